The van der Waals surface area contributed by atoms with Gasteiger partial charge in [0, 0.05) is 30.0 Å². The molecule has 0 aliphatic carbocycles. The lowest BCUT2D eigenvalue weighted by Gasteiger charge is -2.36. The van der Waals surface area contributed by atoms with Crippen molar-refractivity contribution in [3.05, 3.63) is 72.4 Å². The van der Waals surface area contributed by atoms with E-state index >= 15 is 0 Å². The third-order valence-electron chi connectivity index (χ3n) is 5.71. The summed E-state index contributed by atoms with van der Waals surface area (Å²) in [6.45, 7) is 2.95. The number of nitrogens with zero attached hydrogens (tertiary/aromatic N) is 2. The van der Waals surface area contributed by atoms with E-state index in [1.54, 1.807) is 14.2 Å². The summed E-state index contributed by atoms with van der Waals surface area (Å²) >= 11 is 0. The number of ether oxygens (including phenoxy) is 2. The van der Waals surface area contributed by atoms with Gasteiger partial charge in [0.15, 0.2) is 0 Å². The maximum atomic E-state index is 5.54. The quantitative estimate of drug-likeness (QED) is 0.497. The van der Waals surface area contributed by atoms with Crippen LogP contribution in [0.15, 0.2) is 66.9 Å². The minimum Gasteiger partial charge on any atom is -0.497 e. The van der Waals surface area contributed by atoms with E-state index in [0.717, 1.165) is 55.2 Å². The highest BCUT2D eigenvalue weighted by Gasteiger charge is 2.22. The summed E-state index contributed by atoms with van der Waals surface area (Å²) in [4.78, 5) is 7.12. The minimum atomic E-state index is 0. The molecule has 0 spiro atoms. The highest BCUT2D eigenvalue weighted by molar-refractivity contribution is 5.85. The fourth-order valence-electron chi connectivity index (χ4n) is 4.10. The zero-order chi connectivity index (χ0) is 20.8. The average Bonchev–Trinajstić information content (AvgIpc) is 2.83. The Morgan fingerprint density at radius 1 is 0.938 bits per heavy atom. The van der Waals surface area contributed by atoms with Gasteiger partial charge in [0.2, 0.25) is 0 Å². The van der Waals surface area contributed by atoms with Gasteiger partial charge in [-0.2, -0.15) is 0 Å². The fraction of sp³-hybridized carbons (Fsp3) is 0.320. The number of para-hydroxylation sites is 1. The first-order valence-corrected chi connectivity index (χ1v) is 10.5. The number of piperidine rings is 1. The van der Waals surface area contributed by atoms with Crippen LogP contribution in [-0.2, 0) is 6.54 Å². The highest BCUT2D eigenvalue weighted by Crippen LogP contribution is 2.30. The van der Waals surface area contributed by atoms with Gasteiger partial charge in [0.25, 0.3) is 0 Å². The average molecular weight is 476 g/mol. The van der Waals surface area contributed by atoms with Crippen LogP contribution in [0, 0.1) is 0 Å². The molecule has 0 bridgehead atoms. The summed E-state index contributed by atoms with van der Waals surface area (Å²) in [6, 6.07) is 21.2. The first kappa shape index (κ1) is 25.8. The van der Waals surface area contributed by atoms with E-state index < -0.39 is 0 Å². The molecular weight excluding hydrogens is 445 g/mol. The van der Waals surface area contributed by atoms with E-state index in [1.807, 2.05) is 36.5 Å². The van der Waals surface area contributed by atoms with Crippen molar-refractivity contribution >= 4 is 30.5 Å². The van der Waals surface area contributed by atoms with E-state index in [4.69, 9.17) is 9.47 Å². The molecule has 0 saturated carbocycles. The third kappa shape index (κ3) is 6.06. The molecule has 1 N–H and O–H groups in total. The van der Waals surface area contributed by atoms with Crippen LogP contribution >= 0.6 is 24.8 Å². The first-order chi connectivity index (χ1) is 14.8. The zero-order valence-corrected chi connectivity index (χ0v) is 20.1. The molecule has 0 unspecified atom stereocenters. The maximum absolute atomic E-state index is 5.54. The number of hydrogen-bond donors (Lipinski definition) is 1. The maximum Gasteiger partial charge on any atom is 0.128 e. The van der Waals surface area contributed by atoms with Crippen molar-refractivity contribution in [1.82, 2.24) is 10.3 Å². The molecular formula is C25H31Cl2N3O2. The summed E-state index contributed by atoms with van der Waals surface area (Å²) in [7, 11) is 3.40. The lowest BCUT2D eigenvalue weighted by molar-refractivity contribution is 0.413. The Kier molecular flexibility index (Phi) is 10.1. The van der Waals surface area contributed by atoms with Crippen molar-refractivity contribution in [3.8, 4) is 22.8 Å². The van der Waals surface area contributed by atoms with Crippen molar-refractivity contribution in [1.29, 1.82) is 0 Å². The second kappa shape index (κ2) is 12.5. The van der Waals surface area contributed by atoms with Crippen molar-refractivity contribution in [2.75, 3.05) is 32.2 Å². The highest BCUT2D eigenvalue weighted by atomic mass is 35.5. The summed E-state index contributed by atoms with van der Waals surface area (Å²) < 4.78 is 10.9. The van der Waals surface area contributed by atoms with Crippen LogP contribution in [0.25, 0.3) is 11.3 Å². The van der Waals surface area contributed by atoms with E-state index in [2.05, 4.69) is 45.5 Å². The van der Waals surface area contributed by atoms with Crippen LogP contribution in [0.1, 0.15) is 18.4 Å². The van der Waals surface area contributed by atoms with Crippen LogP contribution in [0.4, 0.5) is 5.69 Å². The molecule has 1 aliphatic heterocycles. The molecule has 4 rings (SSSR count). The van der Waals surface area contributed by atoms with Gasteiger partial charge in [0.05, 0.1) is 19.9 Å². The molecule has 1 fully saturated rings. The van der Waals surface area contributed by atoms with Crippen molar-refractivity contribution in [3.63, 3.8) is 0 Å². The molecule has 1 aliphatic rings. The Hall–Kier alpha value is -2.47. The largest absolute Gasteiger partial charge is 0.497 e. The fourth-order valence-corrected chi connectivity index (χ4v) is 4.10. The number of nitrogens with one attached hydrogen (secondary N) is 1. The Morgan fingerprint density at radius 3 is 2.34 bits per heavy atom. The number of hydrogen-bond acceptors (Lipinski definition) is 5. The Morgan fingerprint density at radius 2 is 1.66 bits per heavy atom. The van der Waals surface area contributed by atoms with Crippen molar-refractivity contribution < 1.29 is 9.47 Å². The minimum absolute atomic E-state index is 0. The predicted octanol–water partition coefficient (Wildman–Crippen LogP) is 5.37. The van der Waals surface area contributed by atoms with Gasteiger partial charge in [-0.1, -0.05) is 12.1 Å². The van der Waals surface area contributed by atoms with Gasteiger partial charge in [-0.15, -0.1) is 24.8 Å². The third-order valence-corrected chi connectivity index (χ3v) is 5.71. The predicted molar refractivity (Wildman–Crippen MR) is 136 cm³/mol. The van der Waals surface area contributed by atoms with Gasteiger partial charge in [-0.25, -0.2) is 0 Å². The molecule has 0 atom stereocenters. The number of aromatic nitrogens is 1. The zero-order valence-electron chi connectivity index (χ0n) is 18.5. The van der Waals surface area contributed by atoms with E-state index in [9.17, 15) is 0 Å². The van der Waals surface area contributed by atoms with Gasteiger partial charge in [-0.3, -0.25) is 4.98 Å². The van der Waals surface area contributed by atoms with Gasteiger partial charge in [-0.05, 0) is 80.0 Å². The second-order valence-corrected chi connectivity index (χ2v) is 7.56. The molecule has 1 saturated heterocycles. The molecule has 172 valence electrons. The lowest BCUT2D eigenvalue weighted by atomic mass is 10.0. The van der Waals surface area contributed by atoms with Crippen LogP contribution in [0.2, 0.25) is 0 Å². The Labute approximate surface area is 203 Å². The van der Waals surface area contributed by atoms with Gasteiger partial charge >= 0.3 is 0 Å². The molecule has 3 aromatic rings. The molecule has 5 nitrogen and oxygen atoms in total. The number of halogens is 2. The van der Waals surface area contributed by atoms with Crippen molar-refractivity contribution in [2.24, 2.45) is 0 Å². The summed E-state index contributed by atoms with van der Waals surface area (Å²) in [5.74, 6) is 1.72. The molecule has 0 amide bonds. The molecule has 32 heavy (non-hydrogen) atoms. The van der Waals surface area contributed by atoms with Crippen LogP contribution in [0.3, 0.4) is 0 Å². The van der Waals surface area contributed by atoms with Gasteiger partial charge in [0.1, 0.15) is 11.5 Å². The summed E-state index contributed by atoms with van der Waals surface area (Å²) in [6.07, 6.45) is 4.17. The smallest absolute Gasteiger partial charge is 0.128 e. The normalized spacial score (nSPS) is 13.4. The molecule has 2 aromatic carbocycles. The van der Waals surface area contributed by atoms with Crippen molar-refractivity contribution in [2.45, 2.75) is 25.4 Å². The molecule has 2 heterocycles. The van der Waals surface area contributed by atoms with Crippen LogP contribution in [0.5, 0.6) is 11.5 Å². The van der Waals surface area contributed by atoms with Crippen LogP contribution < -0.4 is 19.7 Å². The number of methoxy groups -OCH3 is 2. The Balaban J connectivity index is 0.00000181. The summed E-state index contributed by atoms with van der Waals surface area (Å²) in [5.41, 5.74) is 4.41. The van der Waals surface area contributed by atoms with E-state index in [0.29, 0.717) is 6.04 Å². The first-order valence-electron chi connectivity index (χ1n) is 10.5. The topological polar surface area (TPSA) is 46.6 Å². The number of benzene rings is 2. The SMILES string of the molecule is COc1ccc(N(Cc2ccnc(-c3ccccc3OC)c2)C2CCNCC2)cc1.Cl.Cl. The van der Waals surface area contributed by atoms with E-state index in [-0.39, 0.29) is 24.8 Å². The Bertz CT molecular complexity index is 963. The second-order valence-electron chi connectivity index (χ2n) is 7.56. The molecule has 1 aromatic heterocycles. The molecule has 7 heteroatoms. The number of anilines is 1. The molecule has 0 radical (unpaired) electrons. The number of pyridine rings is 1. The van der Waals surface area contributed by atoms with Gasteiger partial charge < -0.3 is 19.7 Å². The monoisotopic (exact) mass is 475 g/mol. The lowest BCUT2D eigenvalue weighted by Crippen LogP contribution is -2.43. The van der Waals surface area contributed by atoms with E-state index in [1.165, 1.54) is 11.3 Å². The van der Waals surface area contributed by atoms with Crippen LogP contribution in [-0.4, -0.2) is 38.3 Å². The number of rotatable bonds is 7. The summed E-state index contributed by atoms with van der Waals surface area (Å²) in [5, 5.41) is 3.48. The standard InChI is InChI=1S/C25H29N3O2.2ClH/c1-29-22-9-7-20(8-10-22)28(21-12-14-26-15-13-21)18-19-11-16-27-24(17-19)23-5-3-4-6-25(23)30-2;;/h3-11,16-17,21,26H,12-15,18H2,1-2H3;2*1H.